The van der Waals surface area contributed by atoms with E-state index < -0.39 is 6.72 Å². The lowest BCUT2D eigenvalue weighted by Crippen LogP contribution is -1.88. The standard InChI is InChI=1S/C3H9O3PS/c1-2-3-6-7(4,5)8/h2-3H2,1H3,(H2,4,5,8). The average Bonchev–Trinajstić information content (AvgIpc) is 1.59. The molecule has 0 spiro atoms. The van der Waals surface area contributed by atoms with Crippen LogP contribution in [0.25, 0.3) is 0 Å². The van der Waals surface area contributed by atoms with Crippen LogP contribution in [0, 0.1) is 0 Å². The van der Waals surface area contributed by atoms with Crippen LogP contribution in [0.5, 0.6) is 0 Å². The van der Waals surface area contributed by atoms with Crippen LogP contribution in [-0.4, -0.2) is 16.4 Å². The normalized spacial score (nSPS) is 11.9. The summed E-state index contributed by atoms with van der Waals surface area (Å²) in [5.74, 6) is 0. The minimum atomic E-state index is -3.35. The van der Waals surface area contributed by atoms with Crippen LogP contribution in [0.2, 0.25) is 0 Å². The SMILES string of the molecule is CCCOP(O)(O)=S. The van der Waals surface area contributed by atoms with E-state index in [1.54, 1.807) is 0 Å². The van der Waals surface area contributed by atoms with Gasteiger partial charge in [0, 0.05) is 0 Å². The second-order valence-electron chi connectivity index (χ2n) is 1.32. The molecule has 0 saturated carbocycles. The number of hydrogen-bond acceptors (Lipinski definition) is 2. The maximum absolute atomic E-state index is 8.41. The van der Waals surface area contributed by atoms with E-state index in [-0.39, 0.29) is 0 Å². The van der Waals surface area contributed by atoms with Gasteiger partial charge in [-0.25, -0.2) is 0 Å². The number of rotatable bonds is 3. The highest BCUT2D eigenvalue weighted by molar-refractivity contribution is 8.06. The summed E-state index contributed by atoms with van der Waals surface area (Å²) in [6, 6.07) is 0. The molecule has 0 bridgehead atoms. The van der Waals surface area contributed by atoms with E-state index in [1.165, 1.54) is 0 Å². The third-order valence-corrected chi connectivity index (χ3v) is 1.30. The zero-order valence-corrected chi connectivity index (χ0v) is 6.28. The lowest BCUT2D eigenvalue weighted by Gasteiger charge is -2.04. The molecule has 0 aliphatic carbocycles. The van der Waals surface area contributed by atoms with Crippen LogP contribution < -0.4 is 0 Å². The Morgan fingerprint density at radius 1 is 1.62 bits per heavy atom. The van der Waals surface area contributed by atoms with E-state index in [1.807, 2.05) is 6.92 Å². The molecule has 0 unspecified atom stereocenters. The van der Waals surface area contributed by atoms with Gasteiger partial charge in [-0.15, -0.1) is 0 Å². The summed E-state index contributed by atoms with van der Waals surface area (Å²) < 4.78 is 4.42. The van der Waals surface area contributed by atoms with E-state index in [2.05, 4.69) is 16.3 Å². The summed E-state index contributed by atoms with van der Waals surface area (Å²) >= 11 is 4.15. The molecule has 0 heterocycles. The molecule has 50 valence electrons. The van der Waals surface area contributed by atoms with E-state index in [0.717, 1.165) is 6.42 Å². The van der Waals surface area contributed by atoms with Crippen molar-refractivity contribution in [2.24, 2.45) is 0 Å². The summed E-state index contributed by atoms with van der Waals surface area (Å²) in [5, 5.41) is 0. The zero-order valence-electron chi connectivity index (χ0n) is 4.57. The quantitative estimate of drug-likeness (QED) is 0.588. The molecule has 0 saturated heterocycles. The fourth-order valence-electron chi connectivity index (χ4n) is 0.210. The molecular weight excluding hydrogens is 147 g/mol. The lowest BCUT2D eigenvalue weighted by molar-refractivity contribution is 0.252. The molecule has 0 atom stereocenters. The largest absolute Gasteiger partial charge is 0.325 e. The first kappa shape index (κ1) is 8.53. The zero-order chi connectivity index (χ0) is 6.62. The third-order valence-electron chi connectivity index (χ3n) is 0.464. The van der Waals surface area contributed by atoms with Gasteiger partial charge in [0.1, 0.15) is 0 Å². The van der Waals surface area contributed by atoms with Crippen LogP contribution in [-0.2, 0) is 16.3 Å². The van der Waals surface area contributed by atoms with Crippen molar-refractivity contribution in [1.29, 1.82) is 0 Å². The molecule has 0 aliphatic heterocycles. The van der Waals surface area contributed by atoms with Crippen molar-refractivity contribution in [2.45, 2.75) is 13.3 Å². The Morgan fingerprint density at radius 2 is 2.12 bits per heavy atom. The van der Waals surface area contributed by atoms with Gasteiger partial charge < -0.3 is 14.3 Å². The van der Waals surface area contributed by atoms with Crippen molar-refractivity contribution in [3.05, 3.63) is 0 Å². The second-order valence-corrected chi connectivity index (χ2v) is 3.99. The van der Waals surface area contributed by atoms with E-state index in [0.29, 0.717) is 6.61 Å². The van der Waals surface area contributed by atoms with Crippen LogP contribution >= 0.6 is 6.72 Å². The van der Waals surface area contributed by atoms with Crippen molar-refractivity contribution in [3.8, 4) is 0 Å². The average molecular weight is 156 g/mol. The number of hydrogen-bond donors (Lipinski definition) is 2. The van der Waals surface area contributed by atoms with E-state index in [4.69, 9.17) is 9.79 Å². The van der Waals surface area contributed by atoms with Crippen molar-refractivity contribution in [3.63, 3.8) is 0 Å². The molecule has 0 aromatic carbocycles. The first-order valence-electron chi connectivity index (χ1n) is 2.26. The fourth-order valence-corrected chi connectivity index (χ4v) is 0.854. The highest BCUT2D eigenvalue weighted by atomic mass is 32.5. The Labute approximate surface area is 53.6 Å². The van der Waals surface area contributed by atoms with Crippen LogP contribution in [0.15, 0.2) is 0 Å². The second kappa shape index (κ2) is 3.54. The lowest BCUT2D eigenvalue weighted by atomic mass is 10.5. The molecule has 8 heavy (non-hydrogen) atoms. The van der Waals surface area contributed by atoms with Gasteiger partial charge in [0.05, 0.1) is 6.61 Å². The van der Waals surface area contributed by atoms with Crippen LogP contribution in [0.4, 0.5) is 0 Å². The van der Waals surface area contributed by atoms with Crippen molar-refractivity contribution < 1.29 is 14.3 Å². The minimum absolute atomic E-state index is 0.324. The molecule has 2 N–H and O–H groups in total. The predicted molar refractivity (Wildman–Crippen MR) is 35.0 cm³/mol. The molecular formula is C3H9O3PS. The first-order chi connectivity index (χ1) is 3.56. The Morgan fingerprint density at radius 3 is 2.25 bits per heavy atom. The molecule has 0 radical (unpaired) electrons. The molecule has 0 rings (SSSR count). The maximum Gasteiger partial charge on any atom is 0.321 e. The summed E-state index contributed by atoms with van der Waals surface area (Å²) in [6.45, 7) is -1.16. The summed E-state index contributed by atoms with van der Waals surface area (Å²) in [7, 11) is 0. The molecule has 0 aliphatic rings. The Hall–Kier alpha value is 0.530. The third kappa shape index (κ3) is 6.53. The van der Waals surface area contributed by atoms with Gasteiger partial charge in [-0.3, -0.25) is 0 Å². The van der Waals surface area contributed by atoms with Gasteiger partial charge >= 0.3 is 6.72 Å². The summed E-state index contributed by atoms with van der Waals surface area (Å²) in [6.07, 6.45) is 0.750. The van der Waals surface area contributed by atoms with Gasteiger partial charge in [-0.05, 0) is 18.2 Å². The smallest absolute Gasteiger partial charge is 0.321 e. The molecule has 0 amide bonds. The topological polar surface area (TPSA) is 49.7 Å². The van der Waals surface area contributed by atoms with E-state index in [9.17, 15) is 0 Å². The molecule has 3 nitrogen and oxygen atoms in total. The van der Waals surface area contributed by atoms with Gasteiger partial charge in [0.15, 0.2) is 0 Å². The fraction of sp³-hybridized carbons (Fsp3) is 1.00. The molecule has 0 fully saturated rings. The Balaban J connectivity index is 3.26. The van der Waals surface area contributed by atoms with Crippen LogP contribution in [0.1, 0.15) is 13.3 Å². The Kier molecular flexibility index (Phi) is 3.77. The van der Waals surface area contributed by atoms with Gasteiger partial charge in [-0.2, -0.15) is 0 Å². The van der Waals surface area contributed by atoms with Crippen molar-refractivity contribution in [1.82, 2.24) is 0 Å². The maximum atomic E-state index is 8.41. The van der Waals surface area contributed by atoms with Gasteiger partial charge in [0.2, 0.25) is 0 Å². The Bertz CT molecular complexity index is 98.7. The predicted octanol–water partition coefficient (Wildman–Crippen LogP) is 0.622. The molecule has 0 aromatic heterocycles. The van der Waals surface area contributed by atoms with E-state index >= 15 is 0 Å². The monoisotopic (exact) mass is 156 g/mol. The molecule has 5 heteroatoms. The van der Waals surface area contributed by atoms with Crippen LogP contribution in [0.3, 0.4) is 0 Å². The molecule has 0 aromatic rings. The highest BCUT2D eigenvalue weighted by Crippen LogP contribution is 2.35. The first-order valence-corrected chi connectivity index (χ1v) is 4.89. The van der Waals surface area contributed by atoms with Crippen molar-refractivity contribution in [2.75, 3.05) is 6.61 Å². The highest BCUT2D eigenvalue weighted by Gasteiger charge is 2.04. The van der Waals surface area contributed by atoms with Gasteiger partial charge in [-0.1, -0.05) is 6.92 Å². The summed E-state index contributed by atoms with van der Waals surface area (Å²) in [5.41, 5.74) is 0. The van der Waals surface area contributed by atoms with Crippen molar-refractivity contribution >= 4 is 18.5 Å². The van der Waals surface area contributed by atoms with Gasteiger partial charge in [0.25, 0.3) is 0 Å². The minimum Gasteiger partial charge on any atom is -0.325 e. The summed E-state index contributed by atoms with van der Waals surface area (Å²) in [4.78, 5) is 16.8.